The summed E-state index contributed by atoms with van der Waals surface area (Å²) in [6.07, 6.45) is 0.864. The van der Waals surface area contributed by atoms with Gasteiger partial charge in [-0.1, -0.05) is 32.0 Å². The number of methoxy groups -OCH3 is 1. The van der Waals surface area contributed by atoms with Gasteiger partial charge in [-0.25, -0.2) is 5.84 Å². The van der Waals surface area contributed by atoms with Crippen molar-refractivity contribution in [2.75, 3.05) is 20.7 Å². The number of nitrogens with zero attached hydrogens (tertiary/aromatic N) is 2. The molecule has 5 nitrogen and oxygen atoms in total. The fraction of sp³-hybridized carbons (Fsp3) is 0.562. The van der Waals surface area contributed by atoms with Crippen LogP contribution in [0.4, 0.5) is 0 Å². The maximum atomic E-state index is 5.60. The first kappa shape index (κ1) is 17.3. The van der Waals surface area contributed by atoms with Crippen LogP contribution in [0.2, 0.25) is 0 Å². The maximum absolute atomic E-state index is 5.60. The first-order valence-electron chi connectivity index (χ1n) is 7.35. The van der Waals surface area contributed by atoms with Crippen LogP contribution in [0.25, 0.3) is 0 Å². The molecule has 0 spiro atoms. The van der Waals surface area contributed by atoms with Gasteiger partial charge in [0, 0.05) is 19.6 Å². The number of hydrogen-bond donors (Lipinski definition) is 2. The van der Waals surface area contributed by atoms with Crippen molar-refractivity contribution in [2.24, 2.45) is 16.8 Å². The molecule has 118 valence electrons. The molecule has 1 aromatic rings. The van der Waals surface area contributed by atoms with E-state index in [4.69, 9.17) is 10.6 Å². The van der Waals surface area contributed by atoms with E-state index in [1.807, 2.05) is 25.2 Å². The zero-order valence-electron chi connectivity index (χ0n) is 13.8. The van der Waals surface area contributed by atoms with Crippen molar-refractivity contribution in [3.8, 4) is 5.75 Å². The molecule has 0 aliphatic rings. The van der Waals surface area contributed by atoms with Gasteiger partial charge >= 0.3 is 0 Å². The second-order valence-corrected chi connectivity index (χ2v) is 5.68. The minimum Gasteiger partial charge on any atom is -0.496 e. The average molecular weight is 292 g/mol. The summed E-state index contributed by atoms with van der Waals surface area (Å²) in [6, 6.07) is 8.33. The fourth-order valence-corrected chi connectivity index (χ4v) is 2.06. The van der Waals surface area contributed by atoms with Gasteiger partial charge in [0.15, 0.2) is 0 Å². The molecular weight excluding hydrogens is 264 g/mol. The molecule has 1 rings (SSSR count). The maximum Gasteiger partial charge on any atom is 0.208 e. The Labute approximate surface area is 128 Å². The normalized spacial score (nSPS) is 13.2. The molecule has 0 aliphatic carbocycles. The van der Waals surface area contributed by atoms with E-state index in [1.54, 1.807) is 7.11 Å². The largest absolute Gasteiger partial charge is 0.496 e. The summed E-state index contributed by atoms with van der Waals surface area (Å²) in [6.45, 7) is 7.17. The Bertz CT molecular complexity index is 459. The molecule has 0 bridgehead atoms. The van der Waals surface area contributed by atoms with Crippen molar-refractivity contribution >= 4 is 5.96 Å². The first-order valence-corrected chi connectivity index (χ1v) is 7.35. The highest BCUT2D eigenvalue weighted by Gasteiger charge is 2.15. The monoisotopic (exact) mass is 292 g/mol. The number of benzene rings is 1. The molecule has 1 aromatic carbocycles. The van der Waals surface area contributed by atoms with Crippen molar-refractivity contribution < 1.29 is 4.74 Å². The molecule has 1 atom stereocenters. The molecule has 5 heteroatoms. The van der Waals surface area contributed by atoms with E-state index in [-0.39, 0.29) is 6.04 Å². The molecule has 1 unspecified atom stereocenters. The smallest absolute Gasteiger partial charge is 0.208 e. The highest BCUT2D eigenvalue weighted by molar-refractivity contribution is 5.79. The standard InChI is InChI=1S/C16H28N4O/c1-12(2)11-18-16(19-17)20(4)13(3)10-14-8-6-7-9-15(14)21-5/h6-9,12-13H,10-11,17H2,1-5H3,(H,18,19). The van der Waals surface area contributed by atoms with Crippen LogP contribution in [-0.2, 0) is 6.42 Å². The topological polar surface area (TPSA) is 62.9 Å². The van der Waals surface area contributed by atoms with Crippen LogP contribution >= 0.6 is 0 Å². The van der Waals surface area contributed by atoms with Gasteiger partial charge in [0.1, 0.15) is 5.75 Å². The number of para-hydroxylation sites is 1. The van der Waals surface area contributed by atoms with Crippen LogP contribution in [0.5, 0.6) is 5.75 Å². The Balaban J connectivity index is 2.77. The van der Waals surface area contributed by atoms with Crippen molar-refractivity contribution in [2.45, 2.75) is 33.2 Å². The molecule has 21 heavy (non-hydrogen) atoms. The Kier molecular flexibility index (Phi) is 7.02. The van der Waals surface area contributed by atoms with Gasteiger partial charge in [0.05, 0.1) is 7.11 Å². The second-order valence-electron chi connectivity index (χ2n) is 5.68. The third-order valence-electron chi connectivity index (χ3n) is 3.44. The van der Waals surface area contributed by atoms with E-state index < -0.39 is 0 Å². The fourth-order valence-electron chi connectivity index (χ4n) is 2.06. The van der Waals surface area contributed by atoms with Crippen LogP contribution in [-0.4, -0.2) is 37.6 Å². The highest BCUT2D eigenvalue weighted by Crippen LogP contribution is 2.20. The molecule has 0 aromatic heterocycles. The Morgan fingerprint density at radius 2 is 2.00 bits per heavy atom. The SMILES string of the molecule is COc1ccccc1CC(C)N(C)C(=NCC(C)C)NN. The van der Waals surface area contributed by atoms with E-state index in [9.17, 15) is 0 Å². The molecule has 0 saturated heterocycles. The lowest BCUT2D eigenvalue weighted by Crippen LogP contribution is -2.47. The van der Waals surface area contributed by atoms with Gasteiger partial charge in [-0.05, 0) is 30.9 Å². The van der Waals surface area contributed by atoms with Crippen LogP contribution in [0.3, 0.4) is 0 Å². The summed E-state index contributed by atoms with van der Waals surface area (Å²) in [5, 5.41) is 0. The van der Waals surface area contributed by atoms with Crippen molar-refractivity contribution in [3.05, 3.63) is 29.8 Å². The Hall–Kier alpha value is -1.75. The number of guanidine groups is 1. The highest BCUT2D eigenvalue weighted by atomic mass is 16.5. The first-order chi connectivity index (χ1) is 9.99. The third kappa shape index (κ3) is 5.27. The molecule has 0 fully saturated rings. The quantitative estimate of drug-likeness (QED) is 0.364. The van der Waals surface area contributed by atoms with Gasteiger partial charge in [-0.3, -0.25) is 10.4 Å². The lowest BCUT2D eigenvalue weighted by molar-refractivity contribution is 0.362. The number of aliphatic imine (C=N–C) groups is 1. The number of likely N-dealkylation sites (N-methyl/N-ethyl adjacent to an activating group) is 1. The summed E-state index contributed by atoms with van der Waals surface area (Å²) in [5.41, 5.74) is 3.88. The van der Waals surface area contributed by atoms with E-state index in [1.165, 1.54) is 5.56 Å². The minimum atomic E-state index is 0.253. The molecule has 0 saturated carbocycles. The minimum absolute atomic E-state index is 0.253. The van der Waals surface area contributed by atoms with E-state index >= 15 is 0 Å². The van der Waals surface area contributed by atoms with Crippen LogP contribution in [0, 0.1) is 5.92 Å². The van der Waals surface area contributed by atoms with Gasteiger partial charge < -0.3 is 9.64 Å². The predicted octanol–water partition coefficient (Wildman–Crippen LogP) is 2.03. The summed E-state index contributed by atoms with van der Waals surface area (Å²) < 4.78 is 5.40. The van der Waals surface area contributed by atoms with E-state index in [2.05, 4.69) is 42.2 Å². The van der Waals surface area contributed by atoms with E-state index in [0.717, 1.165) is 18.7 Å². The number of rotatable bonds is 6. The van der Waals surface area contributed by atoms with Crippen molar-refractivity contribution in [1.29, 1.82) is 0 Å². The summed E-state index contributed by atoms with van der Waals surface area (Å²) in [5.74, 6) is 7.74. The number of nitrogens with one attached hydrogen (secondary N) is 1. The van der Waals surface area contributed by atoms with Gasteiger partial charge in [-0.15, -0.1) is 0 Å². The Morgan fingerprint density at radius 3 is 2.57 bits per heavy atom. The van der Waals surface area contributed by atoms with E-state index in [0.29, 0.717) is 11.9 Å². The molecular formula is C16H28N4O. The number of hydrazine groups is 1. The summed E-state index contributed by atoms with van der Waals surface area (Å²) >= 11 is 0. The summed E-state index contributed by atoms with van der Waals surface area (Å²) in [4.78, 5) is 6.59. The van der Waals surface area contributed by atoms with Crippen molar-refractivity contribution in [1.82, 2.24) is 10.3 Å². The summed E-state index contributed by atoms with van der Waals surface area (Å²) in [7, 11) is 3.70. The number of nitrogens with two attached hydrogens (primary N) is 1. The van der Waals surface area contributed by atoms with Crippen LogP contribution in [0.15, 0.2) is 29.3 Å². The average Bonchev–Trinajstić information content (AvgIpc) is 2.47. The third-order valence-corrected chi connectivity index (χ3v) is 3.44. The number of ether oxygens (including phenoxy) is 1. The molecule has 0 aliphatic heterocycles. The van der Waals surface area contributed by atoms with Gasteiger partial charge in [0.2, 0.25) is 5.96 Å². The Morgan fingerprint density at radius 1 is 1.33 bits per heavy atom. The molecule has 3 N–H and O–H groups in total. The number of hydrogen-bond acceptors (Lipinski definition) is 3. The zero-order chi connectivity index (χ0) is 15.8. The zero-order valence-corrected chi connectivity index (χ0v) is 13.8. The molecule has 0 amide bonds. The molecule has 0 heterocycles. The van der Waals surface area contributed by atoms with Crippen LogP contribution in [0.1, 0.15) is 26.3 Å². The lowest BCUT2D eigenvalue weighted by atomic mass is 10.1. The van der Waals surface area contributed by atoms with Crippen molar-refractivity contribution in [3.63, 3.8) is 0 Å². The van der Waals surface area contributed by atoms with Gasteiger partial charge in [0.25, 0.3) is 0 Å². The van der Waals surface area contributed by atoms with Crippen LogP contribution < -0.4 is 16.0 Å². The van der Waals surface area contributed by atoms with Gasteiger partial charge in [-0.2, -0.15) is 0 Å². The predicted molar refractivity (Wildman–Crippen MR) is 88.4 cm³/mol. The lowest BCUT2D eigenvalue weighted by Gasteiger charge is -2.28. The second kappa shape index (κ2) is 8.52. The molecule has 0 radical (unpaired) electrons.